The average molecular weight is 624 g/mol. The molecule has 2 heterocycles. The predicted octanol–water partition coefficient (Wildman–Crippen LogP) is 4.62. The van der Waals surface area contributed by atoms with Crippen LogP contribution in [0.25, 0.3) is 0 Å². The summed E-state index contributed by atoms with van der Waals surface area (Å²) in [6, 6.07) is 7.41. The second-order valence-electron chi connectivity index (χ2n) is 12.3. The number of alkyl halides is 3. The fourth-order valence-electron chi connectivity index (χ4n) is 6.76. The van der Waals surface area contributed by atoms with E-state index in [9.17, 15) is 32.7 Å². The van der Waals surface area contributed by atoms with Crippen molar-refractivity contribution in [3.05, 3.63) is 47.5 Å². The number of rotatable bonds is 8. The summed E-state index contributed by atoms with van der Waals surface area (Å²) in [5, 5.41) is 13.6. The zero-order chi connectivity index (χ0) is 32.7. The fourth-order valence-corrected chi connectivity index (χ4v) is 6.76. The van der Waals surface area contributed by atoms with Crippen LogP contribution in [0.5, 0.6) is 17.2 Å². The normalized spacial score (nSPS) is 25.9. The Morgan fingerprint density at radius 2 is 1.82 bits per heavy atom. The van der Waals surface area contributed by atoms with E-state index in [0.717, 1.165) is 12.1 Å². The summed E-state index contributed by atoms with van der Waals surface area (Å²) >= 11 is 0. The van der Waals surface area contributed by atoms with Gasteiger partial charge in [-0.15, -0.1) is 13.2 Å². The van der Waals surface area contributed by atoms with Crippen LogP contribution in [0.3, 0.4) is 0 Å². The Balaban J connectivity index is 2.14. The van der Waals surface area contributed by atoms with Gasteiger partial charge in [0.2, 0.25) is 0 Å². The molecule has 2 aliphatic heterocycles. The van der Waals surface area contributed by atoms with Gasteiger partial charge in [0.25, 0.3) is 0 Å². The lowest BCUT2D eigenvalue weighted by atomic mass is 9.70. The number of piperidine rings is 1. The topological polar surface area (TPSA) is 120 Å². The molecule has 0 radical (unpaired) electrons. The quantitative estimate of drug-likeness (QED) is 0.321. The summed E-state index contributed by atoms with van der Waals surface area (Å²) in [6.07, 6.45) is -6.06. The van der Waals surface area contributed by atoms with Crippen molar-refractivity contribution in [1.82, 2.24) is 9.80 Å². The highest BCUT2D eigenvalue weighted by molar-refractivity contribution is 6.05. The smallest absolute Gasteiger partial charge is 0.493 e. The van der Waals surface area contributed by atoms with Gasteiger partial charge in [-0.25, -0.2) is 9.28 Å². The van der Waals surface area contributed by atoms with Crippen molar-refractivity contribution in [2.45, 2.75) is 52.6 Å². The first-order chi connectivity index (χ1) is 20.5. The maximum absolute atomic E-state index is 14.6. The number of halogens is 3. The largest absolute Gasteiger partial charge is 0.573 e. The number of nitrogens with zero attached hydrogens (tertiary/aromatic N) is 1. The molecule has 1 amide bonds. The monoisotopic (exact) mass is 623 g/mol. The maximum Gasteiger partial charge on any atom is 0.573 e. The number of aliphatic carboxylic acids is 1. The van der Waals surface area contributed by atoms with Crippen LogP contribution >= 0.6 is 0 Å². The van der Waals surface area contributed by atoms with Crippen molar-refractivity contribution in [1.29, 1.82) is 0 Å². The van der Waals surface area contributed by atoms with Gasteiger partial charge in [-0.2, -0.15) is 0 Å². The molecule has 0 bridgehead atoms. The van der Waals surface area contributed by atoms with Gasteiger partial charge < -0.3 is 29.4 Å². The predicted molar refractivity (Wildman–Crippen MR) is 154 cm³/mol. The van der Waals surface area contributed by atoms with Crippen molar-refractivity contribution < 1.29 is 51.6 Å². The Kier molecular flexibility index (Phi) is 9.07. The number of ketones is 1. The number of carboxylic acid groups (broad SMARTS) is 1. The van der Waals surface area contributed by atoms with Crippen LogP contribution < -0.4 is 24.0 Å². The number of para-hydroxylation sites is 1. The molecule has 2 unspecified atom stereocenters. The highest BCUT2D eigenvalue weighted by atomic mass is 19.4. The molecule has 0 spiro atoms. The molecule has 240 valence electrons. The number of carbonyl (C=O) groups is 3. The van der Waals surface area contributed by atoms with Crippen LogP contribution in [-0.4, -0.2) is 75.6 Å². The SMILES string of the molecule is COc1cccc(C2OCC(=O)[N+](CC(C)(C)C)([C@@H]3CCNC[C@@]3(C(C)=O)C(=O)O)c3ccc(OC(F)(F)F)cc32)c1OC. The number of carbonyl (C=O) groups excluding carboxylic acids is 2. The molecule has 1 saturated heterocycles. The summed E-state index contributed by atoms with van der Waals surface area (Å²) in [4.78, 5) is 41.0. The minimum atomic E-state index is -5.02. The van der Waals surface area contributed by atoms with Crippen molar-refractivity contribution >= 4 is 23.3 Å². The first kappa shape index (κ1) is 33.2. The molecule has 1 fully saturated rings. The molecule has 4 atom stereocenters. The van der Waals surface area contributed by atoms with Gasteiger partial charge in [-0.1, -0.05) is 32.9 Å². The Labute approximate surface area is 253 Å². The summed E-state index contributed by atoms with van der Waals surface area (Å²) in [5.74, 6) is -2.57. The number of hydrogen-bond acceptors (Lipinski definition) is 8. The summed E-state index contributed by atoms with van der Waals surface area (Å²) in [6.45, 7) is 6.36. The molecule has 0 aliphatic carbocycles. The van der Waals surface area contributed by atoms with Gasteiger partial charge in [0.05, 0.1) is 26.3 Å². The van der Waals surface area contributed by atoms with Gasteiger partial charge in [-0.3, -0.25) is 9.59 Å². The Hall–Kier alpha value is -3.68. The van der Waals surface area contributed by atoms with Crippen LogP contribution in [0.4, 0.5) is 18.9 Å². The minimum Gasteiger partial charge on any atom is -0.493 e. The zero-order valence-corrected chi connectivity index (χ0v) is 25.5. The van der Waals surface area contributed by atoms with Crippen molar-refractivity contribution in [3.8, 4) is 17.2 Å². The summed E-state index contributed by atoms with van der Waals surface area (Å²) in [7, 11) is 2.83. The van der Waals surface area contributed by atoms with Crippen molar-refractivity contribution in [3.63, 3.8) is 0 Å². The molecule has 13 heteroatoms. The first-order valence-corrected chi connectivity index (χ1v) is 14.1. The van der Waals surface area contributed by atoms with Crippen LogP contribution in [0.15, 0.2) is 36.4 Å². The zero-order valence-electron chi connectivity index (χ0n) is 25.5. The summed E-state index contributed by atoms with van der Waals surface area (Å²) in [5.41, 5.74) is -1.94. The molecule has 4 rings (SSSR count). The van der Waals surface area contributed by atoms with Crippen molar-refractivity contribution in [2.75, 3.05) is 40.5 Å². The van der Waals surface area contributed by atoms with E-state index >= 15 is 0 Å². The van der Waals surface area contributed by atoms with E-state index < -0.39 is 63.8 Å². The van der Waals surface area contributed by atoms with Gasteiger partial charge in [0, 0.05) is 36.6 Å². The number of amides is 1. The van der Waals surface area contributed by atoms with Crippen LogP contribution in [0, 0.1) is 10.8 Å². The summed E-state index contributed by atoms with van der Waals surface area (Å²) < 4.78 is 61.3. The highest BCUT2D eigenvalue weighted by Gasteiger charge is 2.65. The second kappa shape index (κ2) is 12.0. The molecule has 44 heavy (non-hydrogen) atoms. The molecule has 0 saturated carbocycles. The number of quaternary nitrogens is 1. The molecule has 2 aliphatic rings. The number of methoxy groups -OCH3 is 2. The lowest BCUT2D eigenvalue weighted by molar-refractivity contribution is -0.274. The number of hydrogen-bond donors (Lipinski definition) is 2. The van der Waals surface area contributed by atoms with E-state index in [1.165, 1.54) is 27.2 Å². The van der Waals surface area contributed by atoms with Crippen molar-refractivity contribution in [2.24, 2.45) is 10.8 Å². The first-order valence-electron chi connectivity index (χ1n) is 14.1. The number of carboxylic acids is 1. The number of fused-ring (bicyclic) bond motifs is 1. The molecular weight excluding hydrogens is 585 g/mol. The van der Waals surface area contributed by atoms with E-state index in [-0.39, 0.29) is 36.5 Å². The molecular formula is C31H38F3N2O8+. The highest BCUT2D eigenvalue weighted by Crippen LogP contribution is 2.51. The maximum atomic E-state index is 14.6. The Morgan fingerprint density at radius 3 is 2.39 bits per heavy atom. The molecule has 0 aromatic heterocycles. The third kappa shape index (κ3) is 5.87. The third-order valence-corrected chi connectivity index (χ3v) is 8.31. The number of nitrogens with one attached hydrogen (secondary N) is 1. The van der Waals surface area contributed by atoms with Gasteiger partial charge in [0.15, 0.2) is 29.3 Å². The molecule has 2 aromatic rings. The van der Waals surface area contributed by atoms with E-state index in [4.69, 9.17) is 14.2 Å². The van der Waals surface area contributed by atoms with Crippen LogP contribution in [0.2, 0.25) is 0 Å². The van der Waals surface area contributed by atoms with Crippen LogP contribution in [0.1, 0.15) is 51.3 Å². The number of Topliss-reactive ketones (excluding diaryl/α,β-unsaturated/α-hetero) is 1. The van der Waals surface area contributed by atoms with Crippen LogP contribution in [-0.2, 0) is 19.1 Å². The Morgan fingerprint density at radius 1 is 1.11 bits per heavy atom. The van der Waals surface area contributed by atoms with Gasteiger partial charge >= 0.3 is 18.2 Å². The van der Waals surface area contributed by atoms with E-state index in [0.29, 0.717) is 17.9 Å². The van der Waals surface area contributed by atoms with E-state index in [2.05, 4.69) is 10.1 Å². The molecule has 2 aromatic carbocycles. The average Bonchev–Trinajstić information content (AvgIpc) is 3.04. The lowest BCUT2D eigenvalue weighted by Gasteiger charge is -2.51. The molecule has 10 nitrogen and oxygen atoms in total. The fraction of sp³-hybridized carbons (Fsp3) is 0.516. The van der Waals surface area contributed by atoms with Gasteiger partial charge in [0.1, 0.15) is 23.6 Å². The van der Waals surface area contributed by atoms with Gasteiger partial charge in [-0.05, 0) is 25.1 Å². The Bertz CT molecular complexity index is 1420. The number of benzene rings is 2. The number of ether oxygens (including phenoxy) is 4. The standard InChI is InChI=1S/C31H37F3N2O8/c1-18(37)30(28(39)40)16-35-13-12-24(30)36(17-29(2,3)4)22-11-10-19(44-31(32,33)34)14-21(22)26(43-15-25(36)38)20-8-7-9-23(41-5)27(20)42-6/h7-11,14,24,26,35H,12-13,15-17H2,1-6H3/p+1/t24-,26?,30+,36?/m1/s1. The third-order valence-electron chi connectivity index (χ3n) is 8.31. The van der Waals surface area contributed by atoms with E-state index in [1.807, 2.05) is 20.8 Å². The minimum absolute atomic E-state index is 0.0244. The lowest BCUT2D eigenvalue weighted by Crippen LogP contribution is -2.75. The molecule has 2 N–H and O–H groups in total. The van der Waals surface area contributed by atoms with E-state index in [1.54, 1.807) is 18.2 Å². The second-order valence-corrected chi connectivity index (χ2v) is 12.3.